The first-order valence-electron chi connectivity index (χ1n) is 2.96. The highest BCUT2D eigenvalue weighted by Crippen LogP contribution is 2.29. The van der Waals surface area contributed by atoms with E-state index in [1.54, 1.807) is 0 Å². The summed E-state index contributed by atoms with van der Waals surface area (Å²) in [6, 6.07) is 0. The number of hydrogen-bond donors (Lipinski definition) is 0. The van der Waals surface area contributed by atoms with Crippen molar-refractivity contribution in [2.24, 2.45) is 0 Å². The standard InChI is InChI=1S/C6H9O2/c1-4-6(8-4)2-5-3-7-5/h4-6H,1-3H2. The smallest absolute Gasteiger partial charge is 0.0867 e. The van der Waals surface area contributed by atoms with E-state index >= 15 is 0 Å². The van der Waals surface area contributed by atoms with Crippen molar-refractivity contribution in [1.82, 2.24) is 0 Å². The fourth-order valence-electron chi connectivity index (χ4n) is 0.850. The van der Waals surface area contributed by atoms with Crippen molar-refractivity contribution in [3.8, 4) is 0 Å². The van der Waals surface area contributed by atoms with E-state index in [1.807, 2.05) is 0 Å². The first-order chi connectivity index (χ1) is 3.86. The molecule has 0 N–H and O–H groups in total. The quantitative estimate of drug-likeness (QED) is 0.483. The van der Waals surface area contributed by atoms with Gasteiger partial charge in [0.2, 0.25) is 0 Å². The molecule has 2 heterocycles. The summed E-state index contributed by atoms with van der Waals surface area (Å²) in [4.78, 5) is 0. The second-order valence-corrected chi connectivity index (χ2v) is 2.40. The molecule has 3 atom stereocenters. The van der Waals surface area contributed by atoms with Gasteiger partial charge in [-0.25, -0.2) is 0 Å². The SMILES string of the molecule is [CH2]C1OC1CC1CO1. The lowest BCUT2D eigenvalue weighted by Gasteiger charge is -1.82. The van der Waals surface area contributed by atoms with Crippen LogP contribution in [-0.2, 0) is 9.47 Å². The Hall–Kier alpha value is -0.0800. The Bertz CT molecular complexity index is 98.7. The van der Waals surface area contributed by atoms with E-state index in [1.165, 1.54) is 0 Å². The Morgan fingerprint density at radius 2 is 2.25 bits per heavy atom. The van der Waals surface area contributed by atoms with Gasteiger partial charge in [0.25, 0.3) is 0 Å². The van der Waals surface area contributed by atoms with Crippen LogP contribution in [0.25, 0.3) is 0 Å². The van der Waals surface area contributed by atoms with Gasteiger partial charge in [-0.15, -0.1) is 0 Å². The van der Waals surface area contributed by atoms with Gasteiger partial charge in [0, 0.05) is 6.42 Å². The molecule has 0 aromatic heterocycles. The molecule has 0 aromatic rings. The molecule has 0 spiro atoms. The Labute approximate surface area is 48.8 Å². The lowest BCUT2D eigenvalue weighted by atomic mass is 10.2. The van der Waals surface area contributed by atoms with Crippen LogP contribution in [0, 0.1) is 6.92 Å². The van der Waals surface area contributed by atoms with Crippen LogP contribution in [0.4, 0.5) is 0 Å². The van der Waals surface area contributed by atoms with E-state index in [9.17, 15) is 0 Å². The van der Waals surface area contributed by atoms with E-state index in [2.05, 4.69) is 6.92 Å². The summed E-state index contributed by atoms with van der Waals surface area (Å²) in [6.45, 7) is 4.67. The maximum absolute atomic E-state index is 5.08. The fraction of sp³-hybridized carbons (Fsp3) is 0.833. The summed E-state index contributed by atoms with van der Waals surface area (Å²) >= 11 is 0. The van der Waals surface area contributed by atoms with Gasteiger partial charge in [-0.2, -0.15) is 0 Å². The van der Waals surface area contributed by atoms with Crippen LogP contribution in [0.15, 0.2) is 0 Å². The van der Waals surface area contributed by atoms with Crippen molar-refractivity contribution in [1.29, 1.82) is 0 Å². The van der Waals surface area contributed by atoms with Crippen LogP contribution in [0.1, 0.15) is 6.42 Å². The zero-order valence-electron chi connectivity index (χ0n) is 4.67. The molecule has 0 saturated carbocycles. The third-order valence-electron chi connectivity index (χ3n) is 1.59. The molecule has 2 heteroatoms. The van der Waals surface area contributed by atoms with Crippen molar-refractivity contribution in [2.45, 2.75) is 24.7 Å². The molecule has 2 rings (SSSR count). The molecule has 2 saturated heterocycles. The predicted molar refractivity (Wildman–Crippen MR) is 28.4 cm³/mol. The predicted octanol–water partition coefficient (Wildman–Crippen LogP) is 0.377. The highest BCUT2D eigenvalue weighted by atomic mass is 16.6. The molecule has 1 radical (unpaired) electrons. The third-order valence-corrected chi connectivity index (χ3v) is 1.59. The van der Waals surface area contributed by atoms with E-state index < -0.39 is 0 Å². The number of ether oxygens (including phenoxy) is 2. The van der Waals surface area contributed by atoms with Crippen molar-refractivity contribution >= 4 is 0 Å². The lowest BCUT2D eigenvalue weighted by Crippen LogP contribution is -1.94. The van der Waals surface area contributed by atoms with Gasteiger partial charge in [0.15, 0.2) is 0 Å². The third kappa shape index (κ3) is 0.858. The second-order valence-electron chi connectivity index (χ2n) is 2.40. The van der Waals surface area contributed by atoms with Crippen LogP contribution in [0.3, 0.4) is 0 Å². The molecule has 3 unspecified atom stereocenters. The number of epoxide rings is 2. The average Bonchev–Trinajstić information content (AvgIpc) is 2.52. The van der Waals surface area contributed by atoms with Gasteiger partial charge >= 0.3 is 0 Å². The topological polar surface area (TPSA) is 25.1 Å². The van der Waals surface area contributed by atoms with Crippen LogP contribution >= 0.6 is 0 Å². The maximum atomic E-state index is 5.08. The molecular formula is C6H9O2. The average molecular weight is 113 g/mol. The van der Waals surface area contributed by atoms with E-state index in [0.29, 0.717) is 12.2 Å². The van der Waals surface area contributed by atoms with Crippen LogP contribution in [0.2, 0.25) is 0 Å². The van der Waals surface area contributed by atoms with Crippen LogP contribution < -0.4 is 0 Å². The number of rotatable bonds is 2. The summed E-state index contributed by atoms with van der Waals surface area (Å²) in [5.41, 5.74) is 0. The Morgan fingerprint density at radius 3 is 2.62 bits per heavy atom. The summed E-state index contributed by atoms with van der Waals surface area (Å²) in [7, 11) is 0. The minimum atomic E-state index is 0.263. The Kier molecular flexibility index (Phi) is 0.866. The summed E-state index contributed by atoms with van der Waals surface area (Å²) in [5.74, 6) is 0. The van der Waals surface area contributed by atoms with Gasteiger partial charge in [0.1, 0.15) is 0 Å². The highest BCUT2D eigenvalue weighted by molar-refractivity contribution is 4.90. The zero-order valence-corrected chi connectivity index (χ0v) is 4.67. The fourth-order valence-corrected chi connectivity index (χ4v) is 0.850. The summed E-state index contributed by atoms with van der Waals surface area (Å²) < 4.78 is 10.1. The van der Waals surface area contributed by atoms with Crippen molar-refractivity contribution in [2.75, 3.05) is 6.61 Å². The normalized spacial score (nSPS) is 51.4. The van der Waals surface area contributed by atoms with Crippen molar-refractivity contribution in [3.05, 3.63) is 6.92 Å². The van der Waals surface area contributed by atoms with Gasteiger partial charge < -0.3 is 9.47 Å². The highest BCUT2D eigenvalue weighted by Gasteiger charge is 2.39. The number of hydrogen-bond acceptors (Lipinski definition) is 2. The van der Waals surface area contributed by atoms with E-state index in [0.717, 1.165) is 13.0 Å². The lowest BCUT2D eigenvalue weighted by molar-refractivity contribution is 0.338. The van der Waals surface area contributed by atoms with Crippen LogP contribution in [0.5, 0.6) is 0 Å². The monoisotopic (exact) mass is 113 g/mol. The molecule has 2 nitrogen and oxygen atoms in total. The molecule has 0 amide bonds. The minimum absolute atomic E-state index is 0.263. The van der Waals surface area contributed by atoms with Crippen molar-refractivity contribution < 1.29 is 9.47 Å². The molecular weight excluding hydrogens is 104 g/mol. The first kappa shape index (κ1) is 4.77. The van der Waals surface area contributed by atoms with E-state index in [4.69, 9.17) is 9.47 Å². The van der Waals surface area contributed by atoms with Gasteiger partial charge in [-0.05, 0) is 6.92 Å². The summed E-state index contributed by atoms with van der Waals surface area (Å²) in [6.07, 6.45) is 2.25. The van der Waals surface area contributed by atoms with Crippen LogP contribution in [-0.4, -0.2) is 24.9 Å². The molecule has 2 aliphatic rings. The Morgan fingerprint density at radius 1 is 1.62 bits per heavy atom. The minimum Gasteiger partial charge on any atom is -0.373 e. The molecule has 0 aliphatic carbocycles. The van der Waals surface area contributed by atoms with Gasteiger partial charge in [-0.3, -0.25) is 0 Å². The van der Waals surface area contributed by atoms with Crippen molar-refractivity contribution in [3.63, 3.8) is 0 Å². The molecule has 2 aliphatic heterocycles. The molecule has 0 aromatic carbocycles. The van der Waals surface area contributed by atoms with Gasteiger partial charge in [0.05, 0.1) is 24.9 Å². The largest absolute Gasteiger partial charge is 0.373 e. The Balaban J connectivity index is 1.69. The second kappa shape index (κ2) is 1.45. The molecule has 2 fully saturated rings. The first-order valence-corrected chi connectivity index (χ1v) is 2.96. The molecule has 0 bridgehead atoms. The van der Waals surface area contributed by atoms with E-state index in [-0.39, 0.29) is 6.10 Å². The molecule has 8 heavy (non-hydrogen) atoms. The summed E-state index contributed by atoms with van der Waals surface area (Å²) in [5, 5.41) is 0. The zero-order chi connectivity index (χ0) is 5.56. The molecule has 45 valence electrons. The maximum Gasteiger partial charge on any atom is 0.0867 e. The van der Waals surface area contributed by atoms with Gasteiger partial charge in [-0.1, -0.05) is 0 Å².